The molecule has 0 radical (unpaired) electrons. The molecule has 1 rings (SSSR count). The number of thioether (sulfide) groups is 1. The molecule has 1 aliphatic rings. The number of carboxylic acid groups (broad SMARTS) is 1. The Bertz CT molecular complexity index is 370. The van der Waals surface area contributed by atoms with Gasteiger partial charge in [-0.1, -0.05) is 12.8 Å². The zero-order valence-corrected chi connectivity index (χ0v) is 13.2. The van der Waals surface area contributed by atoms with Crippen LogP contribution < -0.4 is 10.6 Å². The van der Waals surface area contributed by atoms with Gasteiger partial charge in [-0.2, -0.15) is 11.8 Å². The van der Waals surface area contributed by atoms with Crippen LogP contribution in [0.2, 0.25) is 0 Å². The first-order chi connectivity index (χ1) is 10.0. The second kappa shape index (κ2) is 9.65. The first-order valence-corrected chi connectivity index (χ1v) is 8.72. The standard InChI is InChI=1S/C14H24N2O4S/c1-21-9-7-11(14(19)20)16-12(17)6-8-15-13(18)10-4-2-3-5-10/h10-11H,2-9H2,1H3,(H,15,18)(H,16,17)(H,19,20). The number of hydrogen-bond donors (Lipinski definition) is 3. The molecule has 0 aromatic heterocycles. The summed E-state index contributed by atoms with van der Waals surface area (Å²) in [7, 11) is 0. The Labute approximate surface area is 129 Å². The van der Waals surface area contributed by atoms with E-state index in [2.05, 4.69) is 10.6 Å². The molecule has 0 bridgehead atoms. The minimum atomic E-state index is -1.02. The molecule has 1 fully saturated rings. The second-order valence-electron chi connectivity index (χ2n) is 5.26. The Morgan fingerprint density at radius 3 is 2.52 bits per heavy atom. The fourth-order valence-corrected chi connectivity index (χ4v) is 2.86. The summed E-state index contributed by atoms with van der Waals surface area (Å²) >= 11 is 1.54. The molecule has 0 aliphatic heterocycles. The average molecular weight is 316 g/mol. The zero-order chi connectivity index (χ0) is 15.7. The third kappa shape index (κ3) is 6.84. The van der Waals surface area contributed by atoms with Gasteiger partial charge in [0.2, 0.25) is 11.8 Å². The van der Waals surface area contributed by atoms with Crippen molar-refractivity contribution >= 4 is 29.5 Å². The molecule has 3 N–H and O–H groups in total. The largest absolute Gasteiger partial charge is 0.480 e. The number of rotatable bonds is 9. The Morgan fingerprint density at radius 2 is 1.95 bits per heavy atom. The number of nitrogens with one attached hydrogen (secondary N) is 2. The van der Waals surface area contributed by atoms with Crippen molar-refractivity contribution in [2.75, 3.05) is 18.6 Å². The van der Waals surface area contributed by atoms with Gasteiger partial charge in [0.05, 0.1) is 0 Å². The molecule has 1 unspecified atom stereocenters. The Kier molecular flexibility index (Phi) is 8.19. The molecule has 0 aromatic carbocycles. The molecular formula is C14H24N2O4S. The van der Waals surface area contributed by atoms with E-state index in [1.165, 1.54) is 11.8 Å². The lowest BCUT2D eigenvalue weighted by Crippen LogP contribution is -2.42. The molecular weight excluding hydrogens is 292 g/mol. The van der Waals surface area contributed by atoms with Crippen LogP contribution in [-0.2, 0) is 14.4 Å². The number of carboxylic acids is 1. The lowest BCUT2D eigenvalue weighted by Gasteiger charge is -2.14. The molecule has 0 saturated heterocycles. The number of hydrogen-bond acceptors (Lipinski definition) is 4. The predicted octanol–water partition coefficient (Wildman–Crippen LogP) is 1.01. The number of carbonyl (C=O) groups excluding carboxylic acids is 2. The molecule has 6 nitrogen and oxygen atoms in total. The Morgan fingerprint density at radius 1 is 1.29 bits per heavy atom. The van der Waals surface area contributed by atoms with Crippen molar-refractivity contribution in [2.45, 2.75) is 44.6 Å². The van der Waals surface area contributed by atoms with Gasteiger partial charge in [-0.05, 0) is 31.3 Å². The maximum Gasteiger partial charge on any atom is 0.326 e. The third-order valence-corrected chi connectivity index (χ3v) is 4.27. The van der Waals surface area contributed by atoms with Crippen LogP contribution >= 0.6 is 11.8 Å². The van der Waals surface area contributed by atoms with E-state index in [-0.39, 0.29) is 30.7 Å². The number of aliphatic carboxylic acids is 1. The highest BCUT2D eigenvalue weighted by Gasteiger charge is 2.23. The normalized spacial score (nSPS) is 16.4. The van der Waals surface area contributed by atoms with Gasteiger partial charge in [-0.25, -0.2) is 4.79 Å². The van der Waals surface area contributed by atoms with Gasteiger partial charge in [0.1, 0.15) is 6.04 Å². The minimum absolute atomic E-state index is 0.0115. The molecule has 21 heavy (non-hydrogen) atoms. The van der Waals surface area contributed by atoms with E-state index < -0.39 is 12.0 Å². The predicted molar refractivity (Wildman–Crippen MR) is 82.2 cm³/mol. The molecule has 1 saturated carbocycles. The highest BCUT2D eigenvalue weighted by Crippen LogP contribution is 2.24. The first kappa shape index (κ1) is 17.8. The highest BCUT2D eigenvalue weighted by atomic mass is 32.2. The lowest BCUT2D eigenvalue weighted by atomic mass is 10.1. The smallest absolute Gasteiger partial charge is 0.326 e. The Hall–Kier alpha value is -1.24. The van der Waals surface area contributed by atoms with Crippen molar-refractivity contribution in [3.05, 3.63) is 0 Å². The van der Waals surface area contributed by atoms with Gasteiger partial charge in [-0.3, -0.25) is 9.59 Å². The van der Waals surface area contributed by atoms with Gasteiger partial charge >= 0.3 is 5.97 Å². The van der Waals surface area contributed by atoms with Crippen molar-refractivity contribution in [1.29, 1.82) is 0 Å². The first-order valence-electron chi connectivity index (χ1n) is 7.33. The number of carbonyl (C=O) groups is 3. The van der Waals surface area contributed by atoms with Crippen LogP contribution in [0.4, 0.5) is 0 Å². The summed E-state index contributed by atoms with van der Waals surface area (Å²) in [6, 6.07) is -0.851. The van der Waals surface area contributed by atoms with Crippen molar-refractivity contribution in [1.82, 2.24) is 10.6 Å². The summed E-state index contributed by atoms with van der Waals surface area (Å²) in [5, 5.41) is 14.3. The van der Waals surface area contributed by atoms with Crippen LogP contribution in [0.15, 0.2) is 0 Å². The quantitative estimate of drug-likeness (QED) is 0.590. The van der Waals surface area contributed by atoms with Gasteiger partial charge in [0.15, 0.2) is 0 Å². The lowest BCUT2D eigenvalue weighted by molar-refractivity contribution is -0.141. The third-order valence-electron chi connectivity index (χ3n) is 3.62. The second-order valence-corrected chi connectivity index (χ2v) is 6.25. The molecule has 7 heteroatoms. The molecule has 0 heterocycles. The number of amides is 2. The summed E-state index contributed by atoms with van der Waals surface area (Å²) < 4.78 is 0. The van der Waals surface area contributed by atoms with Crippen molar-refractivity contribution in [3.63, 3.8) is 0 Å². The minimum Gasteiger partial charge on any atom is -0.480 e. The average Bonchev–Trinajstić information content (AvgIpc) is 2.97. The van der Waals surface area contributed by atoms with E-state index >= 15 is 0 Å². The maximum absolute atomic E-state index is 11.8. The summed E-state index contributed by atoms with van der Waals surface area (Å²) in [6.45, 7) is 0.260. The van der Waals surface area contributed by atoms with Crippen LogP contribution in [0, 0.1) is 5.92 Å². The molecule has 0 spiro atoms. The molecule has 0 aromatic rings. The summed E-state index contributed by atoms with van der Waals surface area (Å²) in [5.41, 5.74) is 0. The van der Waals surface area contributed by atoms with Gasteiger partial charge in [-0.15, -0.1) is 0 Å². The monoisotopic (exact) mass is 316 g/mol. The highest BCUT2D eigenvalue weighted by molar-refractivity contribution is 7.98. The van der Waals surface area contributed by atoms with Crippen molar-refractivity contribution in [3.8, 4) is 0 Å². The van der Waals surface area contributed by atoms with Gasteiger partial charge < -0.3 is 15.7 Å². The molecule has 120 valence electrons. The van der Waals surface area contributed by atoms with Crippen LogP contribution in [-0.4, -0.2) is 47.5 Å². The maximum atomic E-state index is 11.8. The van der Waals surface area contributed by atoms with Crippen LogP contribution in [0.25, 0.3) is 0 Å². The summed E-state index contributed by atoms with van der Waals surface area (Å²) in [4.78, 5) is 34.5. The fraction of sp³-hybridized carbons (Fsp3) is 0.786. The van der Waals surface area contributed by atoms with Gasteiger partial charge in [0, 0.05) is 18.9 Å². The van der Waals surface area contributed by atoms with E-state index in [1.807, 2.05) is 6.26 Å². The Balaban J connectivity index is 2.22. The van der Waals surface area contributed by atoms with Crippen molar-refractivity contribution < 1.29 is 19.5 Å². The molecule has 1 atom stereocenters. The van der Waals surface area contributed by atoms with E-state index in [0.29, 0.717) is 12.2 Å². The van der Waals surface area contributed by atoms with E-state index in [9.17, 15) is 14.4 Å². The van der Waals surface area contributed by atoms with Gasteiger partial charge in [0.25, 0.3) is 0 Å². The van der Waals surface area contributed by atoms with Crippen LogP contribution in [0.5, 0.6) is 0 Å². The SMILES string of the molecule is CSCCC(NC(=O)CCNC(=O)C1CCCC1)C(=O)O. The summed E-state index contributed by atoms with van der Waals surface area (Å²) in [5.74, 6) is -0.586. The fourth-order valence-electron chi connectivity index (χ4n) is 2.39. The van der Waals surface area contributed by atoms with Crippen molar-refractivity contribution in [2.24, 2.45) is 5.92 Å². The molecule has 2 amide bonds. The van der Waals surface area contributed by atoms with E-state index in [4.69, 9.17) is 5.11 Å². The zero-order valence-electron chi connectivity index (χ0n) is 12.4. The van der Waals surface area contributed by atoms with E-state index in [0.717, 1.165) is 25.7 Å². The molecule has 1 aliphatic carbocycles. The topological polar surface area (TPSA) is 95.5 Å². The van der Waals surface area contributed by atoms with E-state index in [1.54, 1.807) is 0 Å². The summed E-state index contributed by atoms with van der Waals surface area (Å²) in [6.07, 6.45) is 6.43. The van der Waals surface area contributed by atoms with Crippen LogP contribution in [0.1, 0.15) is 38.5 Å². The van der Waals surface area contributed by atoms with Crippen LogP contribution in [0.3, 0.4) is 0 Å².